The molecule has 0 saturated carbocycles. The number of para-hydroxylation sites is 1. The molecule has 0 fully saturated rings. The van der Waals surface area contributed by atoms with Crippen molar-refractivity contribution < 1.29 is 14.0 Å². The molecule has 1 aliphatic heterocycles. The summed E-state index contributed by atoms with van der Waals surface area (Å²) in [5.74, 6) is 1.37. The van der Waals surface area contributed by atoms with Crippen molar-refractivity contribution in [3.63, 3.8) is 0 Å². The minimum Gasteiger partial charge on any atom is -0.459 e. The Hall–Kier alpha value is -3.32. The number of pyridine rings is 1. The number of carbonyl (C=O) groups is 2. The second-order valence-corrected chi connectivity index (χ2v) is 7.55. The minimum absolute atomic E-state index is 0. The van der Waals surface area contributed by atoms with Gasteiger partial charge in [0.15, 0.2) is 0 Å². The van der Waals surface area contributed by atoms with Gasteiger partial charge in [-0.2, -0.15) is 0 Å². The molecule has 4 rings (SSSR count). The van der Waals surface area contributed by atoms with Crippen LogP contribution >= 0.6 is 12.4 Å². The van der Waals surface area contributed by atoms with E-state index in [2.05, 4.69) is 10.3 Å². The van der Waals surface area contributed by atoms with Crippen molar-refractivity contribution in [3.8, 4) is 0 Å². The molecule has 3 heterocycles. The first-order chi connectivity index (χ1) is 14.4. The van der Waals surface area contributed by atoms with Crippen molar-refractivity contribution in [3.05, 3.63) is 65.1 Å². The van der Waals surface area contributed by atoms with Crippen LogP contribution in [0, 0.1) is 6.92 Å². The van der Waals surface area contributed by atoms with Crippen molar-refractivity contribution in [1.82, 2.24) is 14.8 Å². The van der Waals surface area contributed by atoms with Gasteiger partial charge in [0.05, 0.1) is 13.1 Å². The smallest absolute Gasteiger partial charge is 0.246 e. The van der Waals surface area contributed by atoms with Crippen molar-refractivity contribution in [2.24, 2.45) is 0 Å². The van der Waals surface area contributed by atoms with Gasteiger partial charge in [0, 0.05) is 49.4 Å². The topological polar surface area (TPSA) is 78.7 Å². The fourth-order valence-corrected chi connectivity index (χ4v) is 3.50. The Morgan fingerprint density at radius 3 is 2.90 bits per heavy atom. The van der Waals surface area contributed by atoms with E-state index in [9.17, 15) is 9.59 Å². The lowest BCUT2D eigenvalue weighted by atomic mass is 10.1. The van der Waals surface area contributed by atoms with Gasteiger partial charge in [0.25, 0.3) is 0 Å². The summed E-state index contributed by atoms with van der Waals surface area (Å²) >= 11 is 0. The number of nitrogens with one attached hydrogen (secondary N) is 1. The summed E-state index contributed by atoms with van der Waals surface area (Å²) in [4.78, 5) is 32.1. The number of amides is 2. The Labute approximate surface area is 187 Å². The predicted molar refractivity (Wildman–Crippen MR) is 123 cm³/mol. The van der Waals surface area contributed by atoms with Crippen LogP contribution in [0.4, 0.5) is 5.82 Å². The van der Waals surface area contributed by atoms with Crippen molar-refractivity contribution >= 4 is 47.1 Å². The summed E-state index contributed by atoms with van der Waals surface area (Å²) in [6.07, 6.45) is 4.96. The summed E-state index contributed by atoms with van der Waals surface area (Å²) in [6.45, 7) is 3.11. The number of halogens is 1. The van der Waals surface area contributed by atoms with E-state index in [0.717, 1.165) is 33.4 Å². The number of carbonyl (C=O) groups excluding carboxylic acids is 2. The molecule has 0 aliphatic carbocycles. The number of hydrogen-bond donors (Lipinski definition) is 1. The maximum atomic E-state index is 12.6. The van der Waals surface area contributed by atoms with Crippen LogP contribution in [0.25, 0.3) is 17.0 Å². The molecule has 1 N–H and O–H groups in total. The van der Waals surface area contributed by atoms with E-state index < -0.39 is 0 Å². The van der Waals surface area contributed by atoms with Gasteiger partial charge in [0.1, 0.15) is 17.2 Å². The molecule has 7 nitrogen and oxygen atoms in total. The zero-order chi connectivity index (χ0) is 21.3. The Morgan fingerprint density at radius 1 is 1.35 bits per heavy atom. The third kappa shape index (κ3) is 4.72. The monoisotopic (exact) mass is 440 g/mol. The molecule has 1 aromatic carbocycles. The molecule has 0 saturated heterocycles. The molecular weight excluding hydrogens is 416 g/mol. The molecule has 162 valence electrons. The molecule has 0 radical (unpaired) electrons. The average Bonchev–Trinajstić information content (AvgIpc) is 2.98. The number of aromatic nitrogens is 1. The molecule has 2 aromatic heterocycles. The van der Waals surface area contributed by atoms with Crippen molar-refractivity contribution in [2.45, 2.75) is 20.0 Å². The van der Waals surface area contributed by atoms with Crippen LogP contribution in [0.2, 0.25) is 0 Å². The molecule has 2 amide bonds. The maximum Gasteiger partial charge on any atom is 0.246 e. The average molecular weight is 441 g/mol. The highest BCUT2D eigenvalue weighted by atomic mass is 35.5. The lowest BCUT2D eigenvalue weighted by Gasteiger charge is -2.14. The largest absolute Gasteiger partial charge is 0.459 e. The van der Waals surface area contributed by atoms with Gasteiger partial charge < -0.3 is 19.5 Å². The van der Waals surface area contributed by atoms with Gasteiger partial charge in [-0.25, -0.2) is 4.98 Å². The Bertz CT molecular complexity index is 1150. The quantitative estimate of drug-likeness (QED) is 0.627. The first kappa shape index (κ1) is 22.4. The molecule has 3 aromatic rings. The lowest BCUT2D eigenvalue weighted by Crippen LogP contribution is -2.28. The number of hydrogen-bond acceptors (Lipinski definition) is 5. The van der Waals surface area contributed by atoms with Crippen LogP contribution in [-0.4, -0.2) is 47.2 Å². The maximum absolute atomic E-state index is 12.6. The molecule has 0 spiro atoms. The Morgan fingerprint density at radius 2 is 2.13 bits per heavy atom. The fourth-order valence-electron chi connectivity index (χ4n) is 3.50. The Balaban J connectivity index is 0.00000272. The number of likely N-dealkylation sites (N-methyl/N-ethyl adjacent to an activating group) is 2. The third-order valence-electron chi connectivity index (χ3n) is 5.35. The highest BCUT2D eigenvalue weighted by Crippen LogP contribution is 2.26. The van der Waals surface area contributed by atoms with E-state index in [1.807, 2.05) is 37.3 Å². The van der Waals surface area contributed by atoms with Crippen LogP contribution < -0.4 is 5.32 Å². The zero-order valence-corrected chi connectivity index (χ0v) is 18.5. The molecule has 0 atom stereocenters. The van der Waals surface area contributed by atoms with E-state index in [0.29, 0.717) is 18.9 Å². The van der Waals surface area contributed by atoms with E-state index in [1.165, 1.54) is 6.08 Å². The van der Waals surface area contributed by atoms with Gasteiger partial charge in [-0.05, 0) is 30.7 Å². The molecule has 31 heavy (non-hydrogen) atoms. The number of furan rings is 1. The number of aryl methyl sites for hydroxylation is 1. The number of anilines is 1. The van der Waals surface area contributed by atoms with E-state index in [1.54, 1.807) is 36.2 Å². The number of rotatable bonds is 4. The van der Waals surface area contributed by atoms with Crippen LogP contribution in [-0.2, 0) is 22.7 Å². The van der Waals surface area contributed by atoms with Crippen molar-refractivity contribution in [1.29, 1.82) is 0 Å². The SMILES string of the molecule is Cc1c(CN(C)C(=O)C=Cc2cnc3c(c2)CN(C)C(=O)CN3)oc2ccccc12.Cl. The van der Waals surface area contributed by atoms with Crippen LogP contribution in [0.5, 0.6) is 0 Å². The lowest BCUT2D eigenvalue weighted by molar-refractivity contribution is -0.128. The van der Waals surface area contributed by atoms with Crippen molar-refractivity contribution in [2.75, 3.05) is 26.0 Å². The highest BCUT2D eigenvalue weighted by molar-refractivity contribution is 5.92. The zero-order valence-electron chi connectivity index (χ0n) is 17.7. The third-order valence-corrected chi connectivity index (χ3v) is 5.35. The summed E-state index contributed by atoms with van der Waals surface area (Å²) in [5.41, 5.74) is 3.61. The van der Waals surface area contributed by atoms with E-state index >= 15 is 0 Å². The predicted octanol–water partition coefficient (Wildman–Crippen LogP) is 3.61. The molecule has 8 heteroatoms. The van der Waals surface area contributed by atoms with E-state index in [-0.39, 0.29) is 30.8 Å². The van der Waals surface area contributed by atoms with Gasteiger partial charge in [-0.15, -0.1) is 12.4 Å². The summed E-state index contributed by atoms with van der Waals surface area (Å²) in [6, 6.07) is 9.80. The van der Waals surface area contributed by atoms with Crippen LogP contribution in [0.3, 0.4) is 0 Å². The number of fused-ring (bicyclic) bond motifs is 2. The normalized spacial score (nSPS) is 13.5. The van der Waals surface area contributed by atoms with Crippen LogP contribution in [0.15, 0.2) is 47.0 Å². The summed E-state index contributed by atoms with van der Waals surface area (Å²) < 4.78 is 5.91. The second-order valence-electron chi connectivity index (χ2n) is 7.55. The Kier molecular flexibility index (Phi) is 6.65. The fraction of sp³-hybridized carbons (Fsp3) is 0.261. The second kappa shape index (κ2) is 9.22. The first-order valence-corrected chi connectivity index (χ1v) is 9.79. The first-order valence-electron chi connectivity index (χ1n) is 9.79. The minimum atomic E-state index is -0.129. The van der Waals surface area contributed by atoms with Crippen LogP contribution in [0.1, 0.15) is 22.5 Å². The summed E-state index contributed by atoms with van der Waals surface area (Å²) in [5, 5.41) is 4.11. The van der Waals surface area contributed by atoms with Gasteiger partial charge >= 0.3 is 0 Å². The number of nitrogens with zero attached hydrogens (tertiary/aromatic N) is 3. The molecule has 0 bridgehead atoms. The molecule has 0 unspecified atom stereocenters. The number of benzene rings is 1. The van der Waals surface area contributed by atoms with E-state index in [4.69, 9.17) is 4.42 Å². The van der Waals surface area contributed by atoms with Gasteiger partial charge in [-0.1, -0.05) is 18.2 Å². The summed E-state index contributed by atoms with van der Waals surface area (Å²) in [7, 11) is 3.51. The molecule has 1 aliphatic rings. The van der Waals surface area contributed by atoms with Gasteiger partial charge in [0.2, 0.25) is 11.8 Å². The highest BCUT2D eigenvalue weighted by Gasteiger charge is 2.18. The standard InChI is InChI=1S/C23H24N4O3.ClH/c1-15-18-6-4-5-7-19(18)30-20(15)14-27(3)21(28)9-8-16-10-17-13-26(2)22(29)12-25-23(17)24-11-16;/h4-11H,12-14H2,1-3H3,(H,24,25);1H. The molecular formula is C23H25ClN4O3. The van der Waals surface area contributed by atoms with Gasteiger partial charge in [-0.3, -0.25) is 9.59 Å².